The molecule has 91 heavy (non-hydrogen) atoms. The summed E-state index contributed by atoms with van der Waals surface area (Å²) in [7, 11) is 5.95. The molecular formula is C82H153NO8. The molecule has 2 atom stereocenters. The van der Waals surface area contributed by atoms with E-state index in [0.717, 1.165) is 44.9 Å². The highest BCUT2D eigenvalue weighted by atomic mass is 16.7. The van der Waals surface area contributed by atoms with E-state index in [1.54, 1.807) is 0 Å². The van der Waals surface area contributed by atoms with Crippen LogP contribution in [0.1, 0.15) is 399 Å². The van der Waals surface area contributed by atoms with Crippen LogP contribution in [-0.4, -0.2) is 82.3 Å². The number of carboxylic acids is 1. The molecule has 534 valence electrons. The van der Waals surface area contributed by atoms with E-state index >= 15 is 0 Å². The number of carbonyl (C=O) groups excluding carboxylic acids is 3. The van der Waals surface area contributed by atoms with Crippen LogP contribution in [0.4, 0.5) is 0 Å². The lowest BCUT2D eigenvalue weighted by Gasteiger charge is -2.26. The third kappa shape index (κ3) is 74.5. The van der Waals surface area contributed by atoms with E-state index in [-0.39, 0.29) is 32.2 Å². The number of esters is 2. The molecule has 0 spiro atoms. The van der Waals surface area contributed by atoms with E-state index in [9.17, 15) is 19.5 Å². The summed E-state index contributed by atoms with van der Waals surface area (Å²) < 4.78 is 22.9. The molecule has 0 heterocycles. The van der Waals surface area contributed by atoms with Gasteiger partial charge in [0.2, 0.25) is 0 Å². The first-order chi connectivity index (χ1) is 44.6. The fraction of sp³-hybridized carbons (Fsp3) is 0.866. The van der Waals surface area contributed by atoms with E-state index in [4.69, 9.17) is 18.9 Å². The molecule has 0 saturated heterocycles. The monoisotopic (exact) mass is 1280 g/mol. The van der Waals surface area contributed by atoms with Crippen molar-refractivity contribution in [2.75, 3.05) is 47.5 Å². The summed E-state index contributed by atoms with van der Waals surface area (Å²) in [6, 6.07) is 0. The van der Waals surface area contributed by atoms with Gasteiger partial charge in [0.05, 0.1) is 40.3 Å². The lowest BCUT2D eigenvalue weighted by Crippen LogP contribution is -2.44. The number of hydrogen-bond acceptors (Lipinski definition) is 8. The maximum atomic E-state index is 13.0. The third-order valence-corrected chi connectivity index (χ3v) is 18.0. The molecule has 2 unspecified atom stereocenters. The van der Waals surface area contributed by atoms with Crippen LogP contribution in [0.3, 0.4) is 0 Å². The van der Waals surface area contributed by atoms with Gasteiger partial charge in [-0.05, 0) is 77.0 Å². The molecule has 9 heteroatoms. The summed E-state index contributed by atoms with van der Waals surface area (Å²) in [5.41, 5.74) is 0. The van der Waals surface area contributed by atoms with Gasteiger partial charge in [-0.3, -0.25) is 9.59 Å². The Kier molecular flexibility index (Phi) is 70.9. The van der Waals surface area contributed by atoms with Gasteiger partial charge in [0, 0.05) is 12.8 Å². The van der Waals surface area contributed by atoms with Crippen molar-refractivity contribution < 1.29 is 42.9 Å². The number of quaternary nitrogens is 1. The van der Waals surface area contributed by atoms with Gasteiger partial charge in [0.15, 0.2) is 12.4 Å². The Morgan fingerprint density at radius 2 is 0.593 bits per heavy atom. The second-order valence-electron chi connectivity index (χ2n) is 28.4. The number of nitrogens with zero attached hydrogens (tertiary/aromatic N) is 1. The number of ether oxygens (including phenoxy) is 4. The third-order valence-electron chi connectivity index (χ3n) is 18.0. The molecular weight excluding hydrogens is 1130 g/mol. The number of unbranched alkanes of at least 4 members (excludes halogenated alkanes) is 52. The van der Waals surface area contributed by atoms with E-state index in [2.05, 4.69) is 62.5 Å². The SMILES string of the molecule is CCCCCCC/C=C\C/C=C\C/C=C\CCCCCCCCCCCCCCCCCCC(=O)OC(COC(=O)CCCCCCCCCCCCCCCCCCCCCCCCC/C=C\CCCCCCCCCC)COC(OCC[N+](C)(C)C)C(=O)[O-]. The second-order valence-corrected chi connectivity index (χ2v) is 28.4. The predicted octanol–water partition coefficient (Wildman–Crippen LogP) is 23.9. The predicted molar refractivity (Wildman–Crippen MR) is 389 cm³/mol. The number of rotatable bonds is 75. The van der Waals surface area contributed by atoms with Crippen molar-refractivity contribution in [1.29, 1.82) is 0 Å². The average molecular weight is 1280 g/mol. The first kappa shape index (κ1) is 88.2. The Balaban J connectivity index is 3.99. The summed E-state index contributed by atoms with van der Waals surface area (Å²) in [5.74, 6) is -2.25. The largest absolute Gasteiger partial charge is 0.545 e. The number of likely N-dealkylation sites (N-methyl/N-ethyl adjacent to an activating group) is 1. The van der Waals surface area contributed by atoms with Crippen molar-refractivity contribution >= 4 is 17.9 Å². The van der Waals surface area contributed by atoms with Crippen molar-refractivity contribution in [2.24, 2.45) is 0 Å². The average Bonchev–Trinajstić information content (AvgIpc) is 3.65. The molecule has 0 radical (unpaired) electrons. The summed E-state index contributed by atoms with van der Waals surface area (Å²) in [5, 5.41) is 11.9. The molecule has 0 rings (SSSR count). The minimum atomic E-state index is -1.62. The minimum absolute atomic E-state index is 0.150. The van der Waals surface area contributed by atoms with Crippen LogP contribution in [0.25, 0.3) is 0 Å². The van der Waals surface area contributed by atoms with Gasteiger partial charge in [-0.15, -0.1) is 0 Å². The zero-order chi connectivity index (χ0) is 66.1. The molecule has 0 amide bonds. The second kappa shape index (κ2) is 73.1. The number of hydrogen-bond donors (Lipinski definition) is 0. The van der Waals surface area contributed by atoms with Crippen LogP contribution in [0.2, 0.25) is 0 Å². The Bertz CT molecular complexity index is 1630. The lowest BCUT2D eigenvalue weighted by atomic mass is 10.0. The summed E-state index contributed by atoms with van der Waals surface area (Å²) in [6.07, 6.45) is 92.3. The number of carbonyl (C=O) groups is 3. The molecule has 0 aromatic carbocycles. The van der Waals surface area contributed by atoms with Crippen molar-refractivity contribution in [2.45, 2.75) is 411 Å². The lowest BCUT2D eigenvalue weighted by molar-refractivity contribution is -0.870. The first-order valence-corrected chi connectivity index (χ1v) is 39.8. The highest BCUT2D eigenvalue weighted by Gasteiger charge is 2.22. The number of aliphatic carboxylic acids is 1. The molecule has 0 aromatic rings. The minimum Gasteiger partial charge on any atom is -0.545 e. The highest BCUT2D eigenvalue weighted by Crippen LogP contribution is 2.19. The van der Waals surface area contributed by atoms with E-state index in [1.807, 2.05) is 21.1 Å². The quantitative estimate of drug-likeness (QED) is 0.0195. The molecule has 9 nitrogen and oxygen atoms in total. The Morgan fingerprint density at radius 1 is 0.330 bits per heavy atom. The molecule has 0 bridgehead atoms. The standard InChI is InChI=1S/C82H153NO8/c1-6-8-10-12-14-16-18-20-22-24-26-28-30-32-34-36-38-39-40-41-43-44-46-48-50-52-54-56-58-60-62-64-66-68-70-72-79(84)89-76-78(77-90-82(81(86)87)88-75-74-83(3,4)5)91-80(85)73-71-69-67-65-63-61-59-57-55-53-51-49-47-45-42-37-35-33-31-29-27-25-23-21-19-17-15-13-11-9-7-2/h19,21,24-27,31,33,78,82H,6-18,20,22-23,28-30,32,34-77H2,1-5H3/b21-19-,26-24-,27-25-,33-31-. The van der Waals surface area contributed by atoms with Crippen molar-refractivity contribution in [3.8, 4) is 0 Å². The van der Waals surface area contributed by atoms with Gasteiger partial charge < -0.3 is 33.3 Å². The van der Waals surface area contributed by atoms with Crippen LogP contribution < -0.4 is 5.11 Å². The van der Waals surface area contributed by atoms with Crippen molar-refractivity contribution in [3.63, 3.8) is 0 Å². The van der Waals surface area contributed by atoms with Gasteiger partial charge in [-0.25, -0.2) is 0 Å². The van der Waals surface area contributed by atoms with E-state index in [1.165, 1.54) is 321 Å². The van der Waals surface area contributed by atoms with E-state index < -0.39 is 24.3 Å². The maximum Gasteiger partial charge on any atom is 0.306 e. The molecule has 0 aliphatic rings. The maximum absolute atomic E-state index is 13.0. The van der Waals surface area contributed by atoms with Crippen LogP contribution in [-0.2, 0) is 33.3 Å². The van der Waals surface area contributed by atoms with Crippen LogP contribution >= 0.6 is 0 Å². The van der Waals surface area contributed by atoms with Crippen molar-refractivity contribution in [3.05, 3.63) is 48.6 Å². The normalized spacial score (nSPS) is 12.8. The fourth-order valence-electron chi connectivity index (χ4n) is 12.0. The summed E-state index contributed by atoms with van der Waals surface area (Å²) >= 11 is 0. The van der Waals surface area contributed by atoms with Gasteiger partial charge in [0.25, 0.3) is 0 Å². The number of carboxylic acid groups (broad SMARTS) is 1. The highest BCUT2D eigenvalue weighted by molar-refractivity contribution is 5.70. The molecule has 0 aliphatic carbocycles. The summed E-state index contributed by atoms with van der Waals surface area (Å²) in [6.45, 7) is 4.81. The van der Waals surface area contributed by atoms with Gasteiger partial charge >= 0.3 is 11.9 Å². The van der Waals surface area contributed by atoms with Gasteiger partial charge in [-0.2, -0.15) is 0 Å². The Hall–Kier alpha value is -2.75. The molecule has 0 aliphatic heterocycles. The smallest absolute Gasteiger partial charge is 0.306 e. The molecule has 0 aromatic heterocycles. The van der Waals surface area contributed by atoms with Gasteiger partial charge in [0.1, 0.15) is 13.2 Å². The fourth-order valence-corrected chi connectivity index (χ4v) is 12.0. The first-order valence-electron chi connectivity index (χ1n) is 39.8. The molecule has 0 saturated carbocycles. The molecule has 0 N–H and O–H groups in total. The van der Waals surface area contributed by atoms with Crippen LogP contribution in [0, 0.1) is 0 Å². The number of allylic oxidation sites excluding steroid dienone is 8. The topological polar surface area (TPSA) is 111 Å². The van der Waals surface area contributed by atoms with Gasteiger partial charge in [-0.1, -0.05) is 358 Å². The zero-order valence-corrected chi connectivity index (χ0v) is 61.2. The van der Waals surface area contributed by atoms with Crippen LogP contribution in [0.15, 0.2) is 48.6 Å². The summed E-state index contributed by atoms with van der Waals surface area (Å²) in [4.78, 5) is 37.6. The van der Waals surface area contributed by atoms with Crippen molar-refractivity contribution in [1.82, 2.24) is 0 Å². The van der Waals surface area contributed by atoms with E-state index in [0.29, 0.717) is 23.9 Å². The van der Waals surface area contributed by atoms with Crippen LogP contribution in [0.5, 0.6) is 0 Å². The molecule has 0 fully saturated rings. The zero-order valence-electron chi connectivity index (χ0n) is 61.2. The Morgan fingerprint density at radius 3 is 0.890 bits per heavy atom. The Labute approximate surface area is 565 Å².